The maximum absolute atomic E-state index is 11.8. The molecule has 1 N–H and O–H groups in total. The van der Waals surface area contributed by atoms with Crippen LogP contribution in [0, 0.1) is 0 Å². The van der Waals surface area contributed by atoms with Gasteiger partial charge in [0.05, 0.1) is 5.75 Å². The van der Waals surface area contributed by atoms with Gasteiger partial charge in [0.1, 0.15) is 0 Å². The molecule has 6 heteroatoms. The molecular weight excluding hydrogens is 278 g/mol. The molecule has 0 aromatic heterocycles. The predicted molar refractivity (Wildman–Crippen MR) is 76.4 cm³/mol. The normalized spacial score (nSPS) is 26.0. The summed E-state index contributed by atoms with van der Waals surface area (Å²) in [7, 11) is -3.09. The van der Waals surface area contributed by atoms with Crippen LogP contribution in [0.5, 0.6) is 0 Å². The largest absolute Gasteiger partial charge is 0.212 e. The van der Waals surface area contributed by atoms with Crippen LogP contribution in [0.2, 0.25) is 0 Å². The van der Waals surface area contributed by atoms with E-state index in [9.17, 15) is 8.42 Å². The van der Waals surface area contributed by atoms with Crippen molar-refractivity contribution in [2.75, 3.05) is 17.9 Å². The second-order valence-corrected chi connectivity index (χ2v) is 7.93. The smallest absolute Gasteiger partial charge is 0.211 e. The molecule has 0 spiro atoms. The fourth-order valence-corrected chi connectivity index (χ4v) is 4.49. The van der Waals surface area contributed by atoms with Crippen LogP contribution in [0.4, 0.5) is 0 Å². The van der Waals surface area contributed by atoms with E-state index in [1.54, 1.807) is 0 Å². The van der Waals surface area contributed by atoms with Crippen molar-refractivity contribution in [3.05, 3.63) is 0 Å². The van der Waals surface area contributed by atoms with Gasteiger partial charge in [0, 0.05) is 17.2 Å². The highest BCUT2D eigenvalue weighted by molar-refractivity contribution is 7.99. The number of hydrogen-bond acceptors (Lipinski definition) is 3. The number of alkyl halides is 1. The van der Waals surface area contributed by atoms with Crippen LogP contribution in [0.15, 0.2) is 0 Å². The van der Waals surface area contributed by atoms with Crippen LogP contribution in [-0.2, 0) is 10.0 Å². The molecule has 0 saturated heterocycles. The molecule has 0 radical (unpaired) electrons. The Morgan fingerprint density at radius 2 is 1.88 bits per heavy atom. The summed E-state index contributed by atoms with van der Waals surface area (Å²) in [5, 5.41) is 0.715. The van der Waals surface area contributed by atoms with Crippen LogP contribution in [0.1, 0.15) is 38.5 Å². The number of hydrogen-bond donors (Lipinski definition) is 1. The molecular formula is C11H22ClNO2S2. The topological polar surface area (TPSA) is 46.2 Å². The van der Waals surface area contributed by atoms with Crippen molar-refractivity contribution in [3.8, 4) is 0 Å². The fourth-order valence-electron chi connectivity index (χ4n) is 2.12. The van der Waals surface area contributed by atoms with Gasteiger partial charge in [-0.05, 0) is 44.8 Å². The van der Waals surface area contributed by atoms with E-state index in [2.05, 4.69) is 11.0 Å². The molecule has 0 amide bonds. The Balaban J connectivity index is 2.28. The van der Waals surface area contributed by atoms with Gasteiger partial charge in [-0.3, -0.25) is 0 Å². The number of halogens is 1. The van der Waals surface area contributed by atoms with Gasteiger partial charge in [-0.2, -0.15) is 11.8 Å². The van der Waals surface area contributed by atoms with Crippen molar-refractivity contribution in [2.45, 2.75) is 49.8 Å². The van der Waals surface area contributed by atoms with E-state index >= 15 is 0 Å². The third-order valence-electron chi connectivity index (χ3n) is 3.15. The number of nitrogens with one attached hydrogen (secondary N) is 1. The first kappa shape index (κ1) is 15.6. The lowest BCUT2D eigenvalue weighted by Crippen LogP contribution is -2.39. The minimum absolute atomic E-state index is 0.152. The van der Waals surface area contributed by atoms with Gasteiger partial charge in [-0.25, -0.2) is 13.1 Å². The first-order valence-electron chi connectivity index (χ1n) is 6.16. The zero-order valence-electron chi connectivity index (χ0n) is 10.3. The summed E-state index contributed by atoms with van der Waals surface area (Å²) in [6.07, 6.45) is 7.73. The lowest BCUT2D eigenvalue weighted by atomic mass is 9.96. The highest BCUT2D eigenvalue weighted by atomic mass is 35.5. The minimum atomic E-state index is -3.09. The van der Waals surface area contributed by atoms with Gasteiger partial charge in [0.2, 0.25) is 10.0 Å². The molecule has 1 fully saturated rings. The summed E-state index contributed by atoms with van der Waals surface area (Å²) in [4.78, 5) is 0. The third-order valence-corrected chi connectivity index (χ3v) is 6.07. The Labute approximate surface area is 114 Å². The van der Waals surface area contributed by atoms with Gasteiger partial charge in [0.15, 0.2) is 0 Å². The van der Waals surface area contributed by atoms with Crippen molar-refractivity contribution >= 4 is 33.4 Å². The zero-order valence-corrected chi connectivity index (χ0v) is 12.7. The van der Waals surface area contributed by atoms with Gasteiger partial charge in [-0.15, -0.1) is 11.6 Å². The summed E-state index contributed by atoms with van der Waals surface area (Å²) in [6.45, 7) is 0. The second-order valence-electron chi connectivity index (χ2n) is 4.54. The molecule has 102 valence electrons. The molecule has 0 unspecified atom stereocenters. The highest BCUT2D eigenvalue weighted by Gasteiger charge is 2.23. The number of sulfonamides is 1. The van der Waals surface area contributed by atoms with Crippen LogP contribution in [-0.4, -0.2) is 37.6 Å². The lowest BCUT2D eigenvalue weighted by Gasteiger charge is -2.27. The first-order valence-corrected chi connectivity index (χ1v) is 9.63. The van der Waals surface area contributed by atoms with E-state index in [-0.39, 0.29) is 11.8 Å². The molecule has 0 bridgehead atoms. The number of unbranched alkanes of at least 4 members (excludes halogenated alkanes) is 1. The Kier molecular flexibility index (Phi) is 7.22. The molecule has 1 saturated carbocycles. The van der Waals surface area contributed by atoms with E-state index in [0.29, 0.717) is 17.6 Å². The average Bonchev–Trinajstić information content (AvgIpc) is 2.30. The summed E-state index contributed by atoms with van der Waals surface area (Å²) < 4.78 is 26.3. The van der Waals surface area contributed by atoms with Gasteiger partial charge in [-0.1, -0.05) is 0 Å². The van der Waals surface area contributed by atoms with Crippen LogP contribution in [0.3, 0.4) is 0 Å². The standard InChI is InChI=1S/C11H22ClNO2S2/c1-16-11-6-4-10(5-7-11)13-17(14,15)9-3-2-8-12/h10-11,13H,2-9H2,1H3. The fraction of sp³-hybridized carbons (Fsp3) is 1.00. The average molecular weight is 300 g/mol. The van der Waals surface area contributed by atoms with E-state index < -0.39 is 10.0 Å². The van der Waals surface area contributed by atoms with Crippen molar-refractivity contribution in [3.63, 3.8) is 0 Å². The van der Waals surface area contributed by atoms with E-state index in [1.165, 1.54) is 0 Å². The van der Waals surface area contributed by atoms with Crippen molar-refractivity contribution in [1.82, 2.24) is 4.72 Å². The molecule has 1 aliphatic rings. The molecule has 0 atom stereocenters. The molecule has 0 aliphatic heterocycles. The molecule has 3 nitrogen and oxygen atoms in total. The monoisotopic (exact) mass is 299 g/mol. The molecule has 0 aromatic carbocycles. The van der Waals surface area contributed by atoms with Crippen LogP contribution >= 0.6 is 23.4 Å². The predicted octanol–water partition coefficient (Wildman–Crippen LogP) is 2.60. The van der Waals surface area contributed by atoms with Gasteiger partial charge >= 0.3 is 0 Å². The Morgan fingerprint density at radius 3 is 2.41 bits per heavy atom. The van der Waals surface area contributed by atoms with Crippen LogP contribution < -0.4 is 4.72 Å². The first-order chi connectivity index (χ1) is 8.07. The quantitative estimate of drug-likeness (QED) is 0.580. The van der Waals surface area contributed by atoms with Gasteiger partial charge < -0.3 is 0 Å². The van der Waals surface area contributed by atoms with Crippen molar-refractivity contribution in [2.24, 2.45) is 0 Å². The Hall–Kier alpha value is 0.550. The SMILES string of the molecule is CSC1CCC(NS(=O)(=O)CCCCCl)CC1. The van der Waals surface area contributed by atoms with E-state index in [1.807, 2.05) is 11.8 Å². The van der Waals surface area contributed by atoms with E-state index in [0.717, 1.165) is 32.1 Å². The maximum Gasteiger partial charge on any atom is 0.211 e. The minimum Gasteiger partial charge on any atom is -0.212 e. The molecule has 0 aromatic rings. The molecule has 17 heavy (non-hydrogen) atoms. The number of thioether (sulfide) groups is 1. The summed E-state index contributed by atoms with van der Waals surface area (Å²) in [5.74, 6) is 0.747. The summed E-state index contributed by atoms with van der Waals surface area (Å²) >= 11 is 7.43. The summed E-state index contributed by atoms with van der Waals surface area (Å²) in [6, 6.07) is 0.152. The van der Waals surface area contributed by atoms with E-state index in [4.69, 9.17) is 11.6 Å². The van der Waals surface area contributed by atoms with Gasteiger partial charge in [0.25, 0.3) is 0 Å². The van der Waals surface area contributed by atoms with Crippen molar-refractivity contribution in [1.29, 1.82) is 0 Å². The lowest BCUT2D eigenvalue weighted by molar-refractivity contribution is 0.419. The van der Waals surface area contributed by atoms with Crippen molar-refractivity contribution < 1.29 is 8.42 Å². The number of rotatable bonds is 7. The van der Waals surface area contributed by atoms with Crippen LogP contribution in [0.25, 0.3) is 0 Å². The Morgan fingerprint density at radius 1 is 1.24 bits per heavy atom. The summed E-state index contributed by atoms with van der Waals surface area (Å²) in [5.41, 5.74) is 0. The zero-order chi connectivity index (χ0) is 12.7. The third kappa shape index (κ3) is 6.32. The second kappa shape index (κ2) is 7.87. The highest BCUT2D eigenvalue weighted by Crippen LogP contribution is 2.27. The maximum atomic E-state index is 11.8. The Bertz CT molecular complexity index is 301. The molecule has 0 heterocycles. The molecule has 1 aliphatic carbocycles. The molecule has 1 rings (SSSR count).